The van der Waals surface area contributed by atoms with Gasteiger partial charge in [0.15, 0.2) is 5.58 Å². The molecule has 0 amide bonds. The molecule has 1 N–H and O–H groups in total. The van der Waals surface area contributed by atoms with Gasteiger partial charge in [0.05, 0.1) is 5.69 Å². The van der Waals surface area contributed by atoms with E-state index >= 15 is 0 Å². The Morgan fingerprint density at radius 1 is 1.14 bits per heavy atom. The second-order valence-corrected chi connectivity index (χ2v) is 5.76. The van der Waals surface area contributed by atoms with Crippen LogP contribution in [-0.4, -0.2) is 30.7 Å². The maximum absolute atomic E-state index is 5.97. The van der Waals surface area contributed by atoms with Gasteiger partial charge in [-0.2, -0.15) is 0 Å². The summed E-state index contributed by atoms with van der Waals surface area (Å²) in [7, 11) is 0. The first-order valence-electron chi connectivity index (χ1n) is 7.75. The van der Waals surface area contributed by atoms with Gasteiger partial charge < -0.3 is 14.6 Å². The average Bonchev–Trinajstić information content (AvgIpc) is 3.00. The molecule has 1 fully saturated rings. The minimum atomic E-state index is 0.455. The van der Waals surface area contributed by atoms with E-state index in [4.69, 9.17) is 9.40 Å². The molecule has 4 nitrogen and oxygen atoms in total. The summed E-state index contributed by atoms with van der Waals surface area (Å²) >= 11 is 0. The lowest BCUT2D eigenvalue weighted by molar-refractivity contribution is 0.501. The van der Waals surface area contributed by atoms with E-state index in [2.05, 4.69) is 23.2 Å². The van der Waals surface area contributed by atoms with Crippen molar-refractivity contribution in [1.29, 1.82) is 0 Å². The number of benzene rings is 2. The molecule has 0 aliphatic carbocycles. The van der Waals surface area contributed by atoms with Crippen molar-refractivity contribution in [3.8, 4) is 11.5 Å². The highest BCUT2D eigenvalue weighted by molar-refractivity contribution is 5.89. The predicted octanol–water partition coefficient (Wildman–Crippen LogP) is 3.29. The van der Waals surface area contributed by atoms with Gasteiger partial charge in [-0.05, 0) is 31.2 Å². The summed E-state index contributed by atoms with van der Waals surface area (Å²) in [5.74, 6) is 0.686. The second kappa shape index (κ2) is 5.46. The number of para-hydroxylation sites is 1. The minimum absolute atomic E-state index is 0.455. The summed E-state index contributed by atoms with van der Waals surface area (Å²) in [6.45, 7) is 5.24. The third-order valence-electron chi connectivity index (χ3n) is 4.23. The highest BCUT2D eigenvalue weighted by Crippen LogP contribution is 2.31. The van der Waals surface area contributed by atoms with Gasteiger partial charge in [0.2, 0.25) is 5.89 Å². The molecule has 112 valence electrons. The van der Waals surface area contributed by atoms with Gasteiger partial charge in [-0.25, -0.2) is 4.98 Å². The van der Waals surface area contributed by atoms with E-state index in [-0.39, 0.29) is 0 Å². The number of hydrogen-bond acceptors (Lipinski definition) is 4. The first-order valence-corrected chi connectivity index (χ1v) is 7.75. The van der Waals surface area contributed by atoms with Crippen LogP contribution < -0.4 is 10.2 Å². The highest BCUT2D eigenvalue weighted by atomic mass is 16.3. The van der Waals surface area contributed by atoms with E-state index in [9.17, 15) is 0 Å². The molecule has 22 heavy (non-hydrogen) atoms. The van der Waals surface area contributed by atoms with Gasteiger partial charge in [0.25, 0.3) is 0 Å². The zero-order valence-corrected chi connectivity index (χ0v) is 12.6. The SMILES string of the molecule is CC1CNCCN1c1cccc2oc(-c3ccccc3)nc12. The normalized spacial score (nSPS) is 18.8. The number of anilines is 1. The summed E-state index contributed by atoms with van der Waals surface area (Å²) in [6.07, 6.45) is 0. The Bertz CT molecular complexity index is 781. The standard InChI is InChI=1S/C18H19N3O/c1-13-12-19-10-11-21(13)15-8-5-9-16-17(15)20-18(22-16)14-6-3-2-4-7-14/h2-9,13,19H,10-12H2,1H3. The predicted molar refractivity (Wildman–Crippen MR) is 89.1 cm³/mol. The Morgan fingerprint density at radius 3 is 2.82 bits per heavy atom. The first kappa shape index (κ1) is 13.3. The molecule has 0 spiro atoms. The zero-order chi connectivity index (χ0) is 14.9. The number of nitrogens with one attached hydrogen (secondary N) is 1. The summed E-state index contributed by atoms with van der Waals surface area (Å²) in [5, 5.41) is 3.43. The maximum atomic E-state index is 5.97. The lowest BCUT2D eigenvalue weighted by Gasteiger charge is -2.35. The average molecular weight is 293 g/mol. The van der Waals surface area contributed by atoms with Crippen LogP contribution >= 0.6 is 0 Å². The highest BCUT2D eigenvalue weighted by Gasteiger charge is 2.22. The third-order valence-corrected chi connectivity index (χ3v) is 4.23. The number of hydrogen-bond donors (Lipinski definition) is 1. The number of rotatable bonds is 2. The molecule has 4 heteroatoms. The number of piperazine rings is 1. The molecule has 0 saturated carbocycles. The smallest absolute Gasteiger partial charge is 0.227 e. The van der Waals surface area contributed by atoms with Crippen LogP contribution in [0.15, 0.2) is 52.9 Å². The van der Waals surface area contributed by atoms with Crippen LogP contribution in [0.5, 0.6) is 0 Å². The lowest BCUT2D eigenvalue weighted by Crippen LogP contribution is -2.50. The molecule has 2 heterocycles. The van der Waals surface area contributed by atoms with E-state index in [0.29, 0.717) is 11.9 Å². The number of aromatic nitrogens is 1. The summed E-state index contributed by atoms with van der Waals surface area (Å²) < 4.78 is 5.97. The van der Waals surface area contributed by atoms with E-state index in [1.54, 1.807) is 0 Å². The van der Waals surface area contributed by atoms with E-state index in [1.807, 2.05) is 42.5 Å². The molecule has 0 radical (unpaired) electrons. The Labute approximate surface area is 129 Å². The van der Waals surface area contributed by atoms with Crippen LogP contribution in [0.4, 0.5) is 5.69 Å². The van der Waals surface area contributed by atoms with Gasteiger partial charge in [0, 0.05) is 31.2 Å². The fourth-order valence-corrected chi connectivity index (χ4v) is 3.07. The number of fused-ring (bicyclic) bond motifs is 1. The zero-order valence-electron chi connectivity index (χ0n) is 12.6. The molecule has 1 unspecified atom stereocenters. The Hall–Kier alpha value is -2.33. The van der Waals surface area contributed by atoms with Crippen LogP contribution in [-0.2, 0) is 0 Å². The number of oxazole rings is 1. The maximum Gasteiger partial charge on any atom is 0.227 e. The summed E-state index contributed by atoms with van der Waals surface area (Å²) in [5.41, 5.74) is 3.98. The largest absolute Gasteiger partial charge is 0.436 e. The molecular formula is C18H19N3O. The van der Waals surface area contributed by atoms with Crippen LogP contribution in [0.1, 0.15) is 6.92 Å². The van der Waals surface area contributed by atoms with Crippen molar-refractivity contribution in [2.24, 2.45) is 0 Å². The second-order valence-electron chi connectivity index (χ2n) is 5.76. The molecule has 1 atom stereocenters. The van der Waals surface area contributed by atoms with Gasteiger partial charge in [0.1, 0.15) is 5.52 Å². The van der Waals surface area contributed by atoms with E-state index in [0.717, 1.165) is 42.0 Å². The van der Waals surface area contributed by atoms with Crippen molar-refractivity contribution in [3.63, 3.8) is 0 Å². The van der Waals surface area contributed by atoms with Crippen LogP contribution in [0.25, 0.3) is 22.6 Å². The van der Waals surface area contributed by atoms with Gasteiger partial charge >= 0.3 is 0 Å². The van der Waals surface area contributed by atoms with Gasteiger partial charge in [-0.15, -0.1) is 0 Å². The summed E-state index contributed by atoms with van der Waals surface area (Å²) in [4.78, 5) is 7.18. The van der Waals surface area contributed by atoms with E-state index < -0.39 is 0 Å². The first-order chi connectivity index (χ1) is 10.8. The van der Waals surface area contributed by atoms with Crippen molar-refractivity contribution < 1.29 is 4.42 Å². The fraction of sp³-hybridized carbons (Fsp3) is 0.278. The molecule has 1 aliphatic heterocycles. The van der Waals surface area contributed by atoms with Crippen LogP contribution in [0.3, 0.4) is 0 Å². The van der Waals surface area contributed by atoms with Crippen molar-refractivity contribution in [3.05, 3.63) is 48.5 Å². The quantitative estimate of drug-likeness (QED) is 0.787. The summed E-state index contributed by atoms with van der Waals surface area (Å²) in [6, 6.07) is 16.7. The van der Waals surface area contributed by atoms with E-state index in [1.165, 1.54) is 0 Å². The van der Waals surface area contributed by atoms with Crippen molar-refractivity contribution in [2.75, 3.05) is 24.5 Å². The minimum Gasteiger partial charge on any atom is -0.436 e. The molecule has 2 aromatic carbocycles. The molecular weight excluding hydrogens is 274 g/mol. The molecule has 1 aliphatic rings. The lowest BCUT2D eigenvalue weighted by atomic mass is 10.1. The molecule has 3 aromatic rings. The Kier molecular flexibility index (Phi) is 3.31. The Morgan fingerprint density at radius 2 is 2.00 bits per heavy atom. The number of nitrogens with zero attached hydrogens (tertiary/aromatic N) is 2. The van der Waals surface area contributed by atoms with Crippen LogP contribution in [0, 0.1) is 0 Å². The van der Waals surface area contributed by atoms with Gasteiger partial charge in [-0.1, -0.05) is 24.3 Å². The molecule has 1 saturated heterocycles. The van der Waals surface area contributed by atoms with Gasteiger partial charge in [-0.3, -0.25) is 0 Å². The third kappa shape index (κ3) is 2.25. The molecule has 1 aromatic heterocycles. The monoisotopic (exact) mass is 293 g/mol. The van der Waals surface area contributed by atoms with Crippen molar-refractivity contribution >= 4 is 16.8 Å². The molecule has 0 bridgehead atoms. The van der Waals surface area contributed by atoms with Crippen LogP contribution in [0.2, 0.25) is 0 Å². The fourth-order valence-electron chi connectivity index (χ4n) is 3.07. The Balaban J connectivity index is 1.81. The van der Waals surface area contributed by atoms with Crippen molar-refractivity contribution in [1.82, 2.24) is 10.3 Å². The van der Waals surface area contributed by atoms with Crippen molar-refractivity contribution in [2.45, 2.75) is 13.0 Å². The molecule has 4 rings (SSSR count). The topological polar surface area (TPSA) is 41.3 Å².